The molecule has 1 aliphatic heterocycles. The van der Waals surface area contributed by atoms with Crippen molar-refractivity contribution in [3.8, 4) is 0 Å². The van der Waals surface area contributed by atoms with Crippen LogP contribution in [0.15, 0.2) is 18.2 Å². The van der Waals surface area contributed by atoms with Crippen LogP contribution >= 0.6 is 11.6 Å². The van der Waals surface area contributed by atoms with E-state index in [-0.39, 0.29) is 40.9 Å². The molecule has 1 heterocycles. The van der Waals surface area contributed by atoms with E-state index < -0.39 is 14.9 Å². The molecule has 0 bridgehead atoms. The minimum atomic E-state index is -3.47. The van der Waals surface area contributed by atoms with Crippen LogP contribution in [-0.2, 0) is 14.8 Å². The third-order valence-corrected chi connectivity index (χ3v) is 5.65. The van der Waals surface area contributed by atoms with Crippen LogP contribution in [0.1, 0.15) is 13.8 Å². The summed E-state index contributed by atoms with van der Waals surface area (Å²) >= 11 is 5.75. The van der Waals surface area contributed by atoms with Gasteiger partial charge in [-0.15, -0.1) is 0 Å². The summed E-state index contributed by atoms with van der Waals surface area (Å²) < 4.78 is 31.8. The molecule has 24 heavy (non-hydrogen) atoms. The lowest BCUT2D eigenvalue weighted by Crippen LogP contribution is -2.49. The summed E-state index contributed by atoms with van der Waals surface area (Å²) in [4.78, 5) is 10.5. The normalized spacial score (nSPS) is 22.3. The maximum absolute atomic E-state index is 12.4. The lowest BCUT2D eigenvalue weighted by molar-refractivity contribution is -0.383. The van der Waals surface area contributed by atoms with Crippen molar-refractivity contribution >= 4 is 33.0 Å². The zero-order valence-corrected chi connectivity index (χ0v) is 15.0. The van der Waals surface area contributed by atoms with Crippen molar-refractivity contribution in [2.45, 2.75) is 26.1 Å². The predicted octanol–water partition coefficient (Wildman–Crippen LogP) is 2.10. The lowest BCUT2D eigenvalue weighted by Gasteiger charge is -2.34. The lowest BCUT2D eigenvalue weighted by atomic mass is 10.2. The summed E-state index contributed by atoms with van der Waals surface area (Å²) in [5, 5.41) is 14.1. The summed E-state index contributed by atoms with van der Waals surface area (Å²) in [6, 6.07) is 4.20. The molecular formula is C14H20ClN3O5S. The molecule has 8 nitrogen and oxygen atoms in total. The van der Waals surface area contributed by atoms with Crippen LogP contribution in [0.4, 0.5) is 11.4 Å². The molecule has 0 aromatic heterocycles. The molecule has 134 valence electrons. The molecule has 1 aliphatic rings. The van der Waals surface area contributed by atoms with E-state index in [0.29, 0.717) is 13.1 Å². The summed E-state index contributed by atoms with van der Waals surface area (Å²) in [6.07, 6.45) is -0.317. The van der Waals surface area contributed by atoms with Crippen LogP contribution in [0.3, 0.4) is 0 Å². The fourth-order valence-corrected chi connectivity index (χ4v) is 4.27. The van der Waals surface area contributed by atoms with Gasteiger partial charge in [-0.2, -0.15) is 4.31 Å². The van der Waals surface area contributed by atoms with Crippen molar-refractivity contribution in [2.75, 3.05) is 30.7 Å². The SMILES string of the molecule is CC1CN(S(=O)(=O)CCNc2ccc(Cl)cc2[N+](=O)[O-])CC(C)O1. The van der Waals surface area contributed by atoms with Crippen LogP contribution in [0.5, 0.6) is 0 Å². The van der Waals surface area contributed by atoms with E-state index in [9.17, 15) is 18.5 Å². The molecule has 2 rings (SSSR count). The molecule has 0 aliphatic carbocycles. The molecule has 2 unspecified atom stereocenters. The number of benzene rings is 1. The van der Waals surface area contributed by atoms with Gasteiger partial charge >= 0.3 is 0 Å². The number of nitro groups is 1. The Morgan fingerprint density at radius 1 is 1.38 bits per heavy atom. The summed E-state index contributed by atoms with van der Waals surface area (Å²) in [5.41, 5.74) is 0.0526. The number of nitrogens with one attached hydrogen (secondary N) is 1. The Bertz CT molecular complexity index is 702. The number of sulfonamides is 1. The first-order valence-electron chi connectivity index (χ1n) is 7.50. The predicted molar refractivity (Wildman–Crippen MR) is 92.0 cm³/mol. The molecule has 0 spiro atoms. The molecule has 0 saturated carbocycles. The minimum Gasteiger partial charge on any atom is -0.378 e. The fraction of sp³-hybridized carbons (Fsp3) is 0.571. The van der Waals surface area contributed by atoms with E-state index >= 15 is 0 Å². The molecule has 1 fully saturated rings. The quantitative estimate of drug-likeness (QED) is 0.601. The molecule has 0 amide bonds. The van der Waals surface area contributed by atoms with Crippen LogP contribution < -0.4 is 5.32 Å². The Labute approximate surface area is 145 Å². The van der Waals surface area contributed by atoms with Crippen molar-refractivity contribution in [3.63, 3.8) is 0 Å². The molecular weight excluding hydrogens is 358 g/mol. The zero-order chi connectivity index (χ0) is 17.9. The van der Waals surface area contributed by atoms with Crippen molar-refractivity contribution in [1.82, 2.24) is 4.31 Å². The average Bonchev–Trinajstić information content (AvgIpc) is 2.47. The van der Waals surface area contributed by atoms with Crippen molar-refractivity contribution in [3.05, 3.63) is 33.3 Å². The largest absolute Gasteiger partial charge is 0.378 e. The fourth-order valence-electron chi connectivity index (χ4n) is 2.61. The number of rotatable bonds is 6. The zero-order valence-electron chi connectivity index (χ0n) is 13.4. The van der Waals surface area contributed by atoms with Crippen LogP contribution in [0.2, 0.25) is 5.02 Å². The van der Waals surface area contributed by atoms with E-state index in [4.69, 9.17) is 16.3 Å². The number of nitrogens with zero attached hydrogens (tertiary/aromatic N) is 2. The van der Waals surface area contributed by atoms with Crippen LogP contribution in [0, 0.1) is 10.1 Å². The second kappa shape index (κ2) is 7.64. The maximum Gasteiger partial charge on any atom is 0.293 e. The van der Waals surface area contributed by atoms with E-state index in [1.54, 1.807) is 0 Å². The second-order valence-corrected chi connectivity index (χ2v) is 8.26. The Hall–Kier alpha value is -1.42. The van der Waals surface area contributed by atoms with Crippen molar-refractivity contribution < 1.29 is 18.1 Å². The van der Waals surface area contributed by atoms with Gasteiger partial charge in [0.15, 0.2) is 0 Å². The molecule has 0 radical (unpaired) electrons. The van der Waals surface area contributed by atoms with Gasteiger partial charge in [-0.05, 0) is 26.0 Å². The highest BCUT2D eigenvalue weighted by molar-refractivity contribution is 7.89. The van der Waals surface area contributed by atoms with Gasteiger partial charge in [0.2, 0.25) is 10.0 Å². The maximum atomic E-state index is 12.4. The third kappa shape index (κ3) is 4.79. The molecule has 10 heteroatoms. The van der Waals surface area contributed by atoms with Gasteiger partial charge in [-0.3, -0.25) is 10.1 Å². The highest BCUT2D eigenvalue weighted by Crippen LogP contribution is 2.27. The van der Waals surface area contributed by atoms with Gasteiger partial charge in [-0.25, -0.2) is 8.42 Å². The van der Waals surface area contributed by atoms with E-state index in [1.807, 2.05) is 13.8 Å². The molecule has 1 N–H and O–H groups in total. The first kappa shape index (κ1) is 18.9. The standard InChI is InChI=1S/C14H20ClN3O5S/c1-10-8-17(9-11(2)23-10)24(21,22)6-5-16-13-4-3-12(15)7-14(13)18(19)20/h3-4,7,10-11,16H,5-6,8-9H2,1-2H3. The van der Waals surface area contributed by atoms with E-state index in [2.05, 4.69) is 5.32 Å². The molecule has 1 aromatic carbocycles. The Morgan fingerprint density at radius 3 is 2.58 bits per heavy atom. The van der Waals surface area contributed by atoms with Gasteiger partial charge in [0.25, 0.3) is 5.69 Å². The highest BCUT2D eigenvalue weighted by atomic mass is 35.5. The van der Waals surface area contributed by atoms with Gasteiger partial charge in [0.05, 0.1) is 22.9 Å². The number of hydrogen-bond donors (Lipinski definition) is 1. The first-order valence-corrected chi connectivity index (χ1v) is 9.49. The average molecular weight is 378 g/mol. The number of morpholine rings is 1. The van der Waals surface area contributed by atoms with E-state index in [0.717, 1.165) is 0 Å². The second-order valence-electron chi connectivity index (χ2n) is 5.74. The number of ether oxygens (including phenoxy) is 1. The Kier molecular flexibility index (Phi) is 6.02. The number of anilines is 1. The van der Waals surface area contributed by atoms with Crippen molar-refractivity contribution in [1.29, 1.82) is 0 Å². The van der Waals surface area contributed by atoms with Gasteiger partial charge in [0.1, 0.15) is 5.69 Å². The molecule has 1 aromatic rings. The Morgan fingerprint density at radius 2 is 2.00 bits per heavy atom. The monoisotopic (exact) mass is 377 g/mol. The highest BCUT2D eigenvalue weighted by Gasteiger charge is 2.30. The minimum absolute atomic E-state index is 0.0604. The molecule has 1 saturated heterocycles. The smallest absolute Gasteiger partial charge is 0.293 e. The first-order chi connectivity index (χ1) is 11.2. The summed E-state index contributed by atoms with van der Waals surface area (Å²) in [6.45, 7) is 4.34. The van der Waals surface area contributed by atoms with Gasteiger partial charge in [-0.1, -0.05) is 11.6 Å². The van der Waals surface area contributed by atoms with Crippen LogP contribution in [0.25, 0.3) is 0 Å². The Balaban J connectivity index is 2.00. The number of nitro benzene ring substituents is 1. The van der Waals surface area contributed by atoms with E-state index in [1.165, 1.54) is 22.5 Å². The topological polar surface area (TPSA) is 102 Å². The summed E-state index contributed by atoms with van der Waals surface area (Å²) in [5.74, 6) is -0.160. The number of hydrogen-bond acceptors (Lipinski definition) is 6. The third-order valence-electron chi connectivity index (χ3n) is 3.61. The van der Waals surface area contributed by atoms with Gasteiger partial charge < -0.3 is 10.1 Å². The molecule has 2 atom stereocenters. The summed E-state index contributed by atoms with van der Waals surface area (Å²) in [7, 11) is -3.47. The van der Waals surface area contributed by atoms with Crippen molar-refractivity contribution in [2.24, 2.45) is 0 Å². The van der Waals surface area contributed by atoms with Crippen LogP contribution in [-0.4, -0.2) is 55.2 Å². The van der Waals surface area contributed by atoms with Gasteiger partial charge in [0, 0.05) is 30.7 Å². The number of halogens is 1.